The summed E-state index contributed by atoms with van der Waals surface area (Å²) < 4.78 is 0. The Morgan fingerprint density at radius 3 is 1.91 bits per heavy atom. The average Bonchev–Trinajstić information content (AvgIpc) is 1.79. The maximum Gasteiger partial charge on any atom is 0.0443 e. The van der Waals surface area contributed by atoms with E-state index in [1.165, 1.54) is 5.71 Å². The van der Waals surface area contributed by atoms with Gasteiger partial charge in [-0.25, -0.2) is 0 Å². The first-order chi connectivity index (χ1) is 4.88. The van der Waals surface area contributed by atoms with Crippen molar-refractivity contribution in [1.82, 2.24) is 0 Å². The molecule has 11 heavy (non-hydrogen) atoms. The van der Waals surface area contributed by atoms with Gasteiger partial charge in [-0.2, -0.15) is 0 Å². The van der Waals surface area contributed by atoms with Gasteiger partial charge in [-0.05, 0) is 13.8 Å². The minimum absolute atomic E-state index is 0.202. The van der Waals surface area contributed by atoms with E-state index in [4.69, 9.17) is 0 Å². The van der Waals surface area contributed by atoms with Gasteiger partial charge in [-0.3, -0.25) is 4.99 Å². The summed E-state index contributed by atoms with van der Waals surface area (Å²) >= 11 is 3.45. The number of rotatable bonds is 2. The Kier molecular flexibility index (Phi) is 4.30. The highest BCUT2D eigenvalue weighted by molar-refractivity contribution is 9.09. The van der Waals surface area contributed by atoms with Gasteiger partial charge in [-0.1, -0.05) is 36.7 Å². The van der Waals surface area contributed by atoms with Crippen LogP contribution < -0.4 is 0 Å². The van der Waals surface area contributed by atoms with Crippen LogP contribution in [0.2, 0.25) is 0 Å². The molecule has 0 aliphatic heterocycles. The summed E-state index contributed by atoms with van der Waals surface area (Å²) in [5, 5.41) is 0.884. The van der Waals surface area contributed by atoms with Crippen molar-refractivity contribution in [1.29, 1.82) is 0 Å². The minimum atomic E-state index is 0.202. The minimum Gasteiger partial charge on any atom is -0.290 e. The normalized spacial score (nSPS) is 14.3. The first-order valence-corrected chi connectivity index (χ1v) is 5.13. The van der Waals surface area contributed by atoms with Crippen molar-refractivity contribution in [2.75, 3.05) is 5.33 Å². The van der Waals surface area contributed by atoms with Crippen molar-refractivity contribution >= 4 is 21.6 Å². The zero-order chi connectivity index (χ0) is 9.07. The number of alkyl halides is 1. The highest BCUT2D eigenvalue weighted by atomic mass is 79.9. The Morgan fingerprint density at radius 2 is 1.82 bits per heavy atom. The standard InChI is InChI=1S/C9H18BrN/c1-7(2)11-8(6-10)9(3,4)5/h7H,6H2,1-5H3. The van der Waals surface area contributed by atoms with Gasteiger partial charge < -0.3 is 0 Å². The second-order valence-corrected chi connectivity index (χ2v) is 4.61. The number of nitrogens with zero attached hydrogens (tertiary/aromatic N) is 1. The lowest BCUT2D eigenvalue weighted by Crippen LogP contribution is -2.23. The molecule has 0 aliphatic carbocycles. The van der Waals surface area contributed by atoms with Gasteiger partial charge in [0.1, 0.15) is 0 Å². The molecule has 0 aromatic heterocycles. The molecule has 0 heterocycles. The van der Waals surface area contributed by atoms with Gasteiger partial charge in [0, 0.05) is 22.5 Å². The first-order valence-electron chi connectivity index (χ1n) is 4.01. The van der Waals surface area contributed by atoms with Gasteiger partial charge in [0.15, 0.2) is 0 Å². The van der Waals surface area contributed by atoms with Crippen LogP contribution in [0.3, 0.4) is 0 Å². The molecule has 0 atom stereocenters. The molecule has 0 unspecified atom stereocenters. The predicted molar refractivity (Wildman–Crippen MR) is 55.8 cm³/mol. The molecule has 66 valence electrons. The van der Waals surface area contributed by atoms with Crippen molar-refractivity contribution in [3.05, 3.63) is 0 Å². The molecule has 0 radical (unpaired) electrons. The summed E-state index contributed by atoms with van der Waals surface area (Å²) in [7, 11) is 0. The zero-order valence-corrected chi connectivity index (χ0v) is 9.70. The molecular formula is C9H18BrN. The highest BCUT2D eigenvalue weighted by Gasteiger charge is 2.17. The smallest absolute Gasteiger partial charge is 0.0443 e. The molecule has 0 spiro atoms. The van der Waals surface area contributed by atoms with Gasteiger partial charge in [-0.15, -0.1) is 0 Å². The fraction of sp³-hybridized carbons (Fsp3) is 0.889. The largest absolute Gasteiger partial charge is 0.290 e. The Bertz CT molecular complexity index is 142. The third-order valence-corrected chi connectivity index (χ3v) is 1.94. The number of hydrogen-bond acceptors (Lipinski definition) is 1. The molecule has 0 N–H and O–H groups in total. The molecule has 0 saturated carbocycles. The first kappa shape index (κ1) is 11.2. The maximum absolute atomic E-state index is 4.54. The van der Waals surface area contributed by atoms with Gasteiger partial charge in [0.25, 0.3) is 0 Å². The second-order valence-electron chi connectivity index (χ2n) is 4.05. The molecule has 0 fully saturated rings. The van der Waals surface area contributed by atoms with Crippen LogP contribution in [-0.4, -0.2) is 17.1 Å². The summed E-state index contributed by atoms with van der Waals surface area (Å²) in [6, 6.07) is 0.404. The van der Waals surface area contributed by atoms with E-state index in [1.807, 2.05) is 0 Å². The van der Waals surface area contributed by atoms with Crippen molar-refractivity contribution in [2.24, 2.45) is 10.4 Å². The lowest BCUT2D eigenvalue weighted by molar-refractivity contribution is 0.581. The summed E-state index contributed by atoms with van der Waals surface area (Å²) in [6.07, 6.45) is 0. The van der Waals surface area contributed by atoms with E-state index in [2.05, 4.69) is 55.5 Å². The van der Waals surface area contributed by atoms with Crippen molar-refractivity contribution in [3.8, 4) is 0 Å². The summed E-state index contributed by atoms with van der Waals surface area (Å²) in [5.74, 6) is 0. The number of halogens is 1. The molecule has 0 bridgehead atoms. The molecule has 0 amide bonds. The third-order valence-electron chi connectivity index (χ3n) is 1.41. The van der Waals surface area contributed by atoms with Crippen LogP contribution in [0.15, 0.2) is 4.99 Å². The highest BCUT2D eigenvalue weighted by Crippen LogP contribution is 2.18. The van der Waals surface area contributed by atoms with Crippen LogP contribution in [0.1, 0.15) is 34.6 Å². The Balaban J connectivity index is 4.41. The van der Waals surface area contributed by atoms with E-state index in [0.29, 0.717) is 6.04 Å². The molecule has 0 rings (SSSR count). The molecule has 0 aromatic carbocycles. The Hall–Kier alpha value is 0.150. The SMILES string of the molecule is CC(C)N=C(CBr)C(C)(C)C. The van der Waals surface area contributed by atoms with Gasteiger partial charge in [0.2, 0.25) is 0 Å². The van der Waals surface area contributed by atoms with E-state index in [1.54, 1.807) is 0 Å². The predicted octanol–water partition coefficient (Wildman–Crippen LogP) is 3.28. The van der Waals surface area contributed by atoms with Crippen LogP contribution in [0.5, 0.6) is 0 Å². The lowest BCUT2D eigenvalue weighted by atomic mass is 9.91. The maximum atomic E-state index is 4.54. The lowest BCUT2D eigenvalue weighted by Gasteiger charge is -2.20. The topological polar surface area (TPSA) is 12.4 Å². The quantitative estimate of drug-likeness (QED) is 0.500. The van der Waals surface area contributed by atoms with Crippen molar-refractivity contribution in [3.63, 3.8) is 0 Å². The van der Waals surface area contributed by atoms with Crippen LogP contribution in [0.4, 0.5) is 0 Å². The van der Waals surface area contributed by atoms with Gasteiger partial charge >= 0.3 is 0 Å². The molecule has 1 nitrogen and oxygen atoms in total. The summed E-state index contributed by atoms with van der Waals surface area (Å²) in [6.45, 7) is 10.8. The Labute approximate surface area is 78.4 Å². The fourth-order valence-electron chi connectivity index (χ4n) is 0.740. The van der Waals surface area contributed by atoms with Crippen LogP contribution in [0, 0.1) is 5.41 Å². The third kappa shape index (κ3) is 4.57. The van der Waals surface area contributed by atoms with Crippen LogP contribution in [0.25, 0.3) is 0 Å². The van der Waals surface area contributed by atoms with Crippen LogP contribution >= 0.6 is 15.9 Å². The molecular weight excluding hydrogens is 202 g/mol. The zero-order valence-electron chi connectivity index (χ0n) is 8.11. The second kappa shape index (κ2) is 4.24. The number of hydrogen-bond donors (Lipinski definition) is 0. The molecule has 0 aliphatic rings. The van der Waals surface area contributed by atoms with Crippen LogP contribution in [-0.2, 0) is 0 Å². The Morgan fingerprint density at radius 1 is 1.36 bits per heavy atom. The van der Waals surface area contributed by atoms with E-state index in [9.17, 15) is 0 Å². The molecule has 2 heteroatoms. The van der Waals surface area contributed by atoms with E-state index in [0.717, 1.165) is 5.33 Å². The summed E-state index contributed by atoms with van der Waals surface area (Å²) in [5.41, 5.74) is 1.45. The molecule has 0 aromatic rings. The van der Waals surface area contributed by atoms with Crippen molar-refractivity contribution < 1.29 is 0 Å². The van der Waals surface area contributed by atoms with E-state index in [-0.39, 0.29) is 5.41 Å². The van der Waals surface area contributed by atoms with E-state index < -0.39 is 0 Å². The fourth-order valence-corrected chi connectivity index (χ4v) is 1.73. The van der Waals surface area contributed by atoms with E-state index >= 15 is 0 Å². The average molecular weight is 220 g/mol. The van der Waals surface area contributed by atoms with Crippen molar-refractivity contribution in [2.45, 2.75) is 40.7 Å². The number of aliphatic imine (C=N–C) groups is 1. The molecule has 0 saturated heterocycles. The van der Waals surface area contributed by atoms with Gasteiger partial charge in [0.05, 0.1) is 0 Å². The monoisotopic (exact) mass is 219 g/mol. The summed E-state index contributed by atoms with van der Waals surface area (Å²) in [4.78, 5) is 4.54.